The molecule has 0 atom stereocenters. The van der Waals surface area contributed by atoms with Crippen molar-refractivity contribution in [2.45, 2.75) is 0 Å². The lowest BCUT2D eigenvalue weighted by molar-refractivity contribution is 0.0400. The van der Waals surface area contributed by atoms with Crippen molar-refractivity contribution >= 4 is 67.0 Å². The number of ether oxygens (including phenoxy) is 1. The monoisotopic (exact) mass is 516 g/mol. The molecule has 9 heteroatoms. The molecule has 0 radical (unpaired) electrons. The molecule has 39 heavy (non-hydrogen) atoms. The summed E-state index contributed by atoms with van der Waals surface area (Å²) in [7, 11) is 0. The normalized spacial score (nSPS) is 11.2. The van der Waals surface area contributed by atoms with Gasteiger partial charge < -0.3 is 14.9 Å². The molecule has 0 aliphatic carbocycles. The van der Waals surface area contributed by atoms with Gasteiger partial charge in [-0.3, -0.25) is 9.97 Å². The van der Waals surface area contributed by atoms with Gasteiger partial charge in [0.2, 0.25) is 0 Å². The van der Waals surface area contributed by atoms with Crippen LogP contribution in [0.5, 0.6) is 0 Å². The number of pyridine rings is 2. The maximum atomic E-state index is 13.3. The van der Waals surface area contributed by atoms with Crippen LogP contribution in [0.2, 0.25) is 0 Å². The fourth-order valence-corrected chi connectivity index (χ4v) is 4.97. The van der Waals surface area contributed by atoms with E-state index in [0.29, 0.717) is 32.3 Å². The second kappa shape index (κ2) is 9.00. The minimum Gasteiger partial charge on any atom is -0.478 e. The summed E-state index contributed by atoms with van der Waals surface area (Å²) in [5, 5.41) is 23.4. The first kappa shape index (κ1) is 23.7. The van der Waals surface area contributed by atoms with Crippen LogP contribution in [-0.4, -0.2) is 44.1 Å². The van der Waals surface area contributed by atoms with Gasteiger partial charge >= 0.3 is 23.9 Å². The first-order chi connectivity index (χ1) is 18.8. The molecule has 2 N–H and O–H groups in total. The van der Waals surface area contributed by atoms with E-state index in [0.717, 1.165) is 0 Å². The standard InChI is InChI=1S/C30H16N2O7/c33-27(34)21-11-15-7-9-31-13-23(15)17-3-1-5-19(25(17)21)29(37)39-30(38)20-6-2-4-18-24-14-32-10-8-16(24)12-22(26(18)20)28(35)36/h1-14H,(H,33,34)(H,35,36). The summed E-state index contributed by atoms with van der Waals surface area (Å²) in [6, 6.07) is 15.4. The summed E-state index contributed by atoms with van der Waals surface area (Å²) in [6.45, 7) is 0. The molecule has 0 amide bonds. The third-order valence-electron chi connectivity index (χ3n) is 6.64. The van der Waals surface area contributed by atoms with Gasteiger partial charge in [0.15, 0.2) is 0 Å². The molecule has 6 aromatic rings. The van der Waals surface area contributed by atoms with E-state index in [1.807, 2.05) is 0 Å². The lowest BCUT2D eigenvalue weighted by Gasteiger charge is -2.13. The number of carbonyl (C=O) groups is 4. The van der Waals surface area contributed by atoms with Crippen molar-refractivity contribution in [3.05, 3.63) is 108 Å². The number of hydrogen-bond donors (Lipinski definition) is 2. The maximum Gasteiger partial charge on any atom is 0.346 e. The van der Waals surface area contributed by atoms with Gasteiger partial charge in [0.25, 0.3) is 0 Å². The number of carboxylic acid groups (broad SMARTS) is 2. The Kier molecular flexibility index (Phi) is 5.46. The predicted octanol–water partition coefficient (Wildman–Crippen LogP) is 5.48. The number of hydrogen-bond acceptors (Lipinski definition) is 7. The van der Waals surface area contributed by atoms with Crippen LogP contribution < -0.4 is 0 Å². The van der Waals surface area contributed by atoms with Crippen molar-refractivity contribution in [2.24, 2.45) is 0 Å². The fraction of sp³-hybridized carbons (Fsp3) is 0. The molecule has 0 aliphatic heterocycles. The van der Waals surface area contributed by atoms with E-state index in [2.05, 4.69) is 9.97 Å². The largest absolute Gasteiger partial charge is 0.478 e. The van der Waals surface area contributed by atoms with Crippen LogP contribution in [-0.2, 0) is 4.74 Å². The third kappa shape index (κ3) is 3.80. The van der Waals surface area contributed by atoms with E-state index in [1.165, 1.54) is 36.7 Å². The summed E-state index contributed by atoms with van der Waals surface area (Å²) in [5.41, 5.74) is -0.531. The van der Waals surface area contributed by atoms with Crippen molar-refractivity contribution in [3.63, 3.8) is 0 Å². The summed E-state index contributed by atoms with van der Waals surface area (Å²) in [5.74, 6) is -4.67. The zero-order valence-corrected chi connectivity index (χ0v) is 19.9. The zero-order valence-electron chi connectivity index (χ0n) is 19.9. The molecule has 0 aliphatic rings. The number of rotatable bonds is 4. The zero-order chi connectivity index (χ0) is 27.3. The first-order valence-corrected chi connectivity index (χ1v) is 11.7. The summed E-state index contributed by atoms with van der Waals surface area (Å²) >= 11 is 0. The molecule has 0 fully saturated rings. The van der Waals surface area contributed by atoms with Crippen molar-refractivity contribution in [3.8, 4) is 0 Å². The van der Waals surface area contributed by atoms with Crippen LogP contribution in [0, 0.1) is 0 Å². The smallest absolute Gasteiger partial charge is 0.346 e. The molecule has 6 rings (SSSR count). The minimum atomic E-state index is -1.26. The lowest BCUT2D eigenvalue weighted by atomic mass is 9.94. The first-order valence-electron chi connectivity index (χ1n) is 11.7. The highest BCUT2D eigenvalue weighted by atomic mass is 16.6. The molecule has 188 valence electrons. The lowest BCUT2D eigenvalue weighted by Crippen LogP contribution is -2.15. The van der Waals surface area contributed by atoms with Crippen LogP contribution in [0.25, 0.3) is 43.1 Å². The Morgan fingerprint density at radius 3 is 1.41 bits per heavy atom. The van der Waals surface area contributed by atoms with Crippen LogP contribution in [0.15, 0.2) is 85.5 Å². The third-order valence-corrected chi connectivity index (χ3v) is 6.64. The minimum absolute atomic E-state index is 0.101. The second-order valence-electron chi connectivity index (χ2n) is 8.79. The van der Waals surface area contributed by atoms with Crippen molar-refractivity contribution < 1.29 is 34.1 Å². The molecule has 0 unspecified atom stereocenters. The fourth-order valence-electron chi connectivity index (χ4n) is 4.97. The number of aromatic carboxylic acids is 2. The summed E-state index contributed by atoms with van der Waals surface area (Å²) < 4.78 is 5.24. The Morgan fingerprint density at radius 1 is 0.564 bits per heavy atom. The Hall–Kier alpha value is -5.70. The Balaban J connectivity index is 1.50. The number of carbonyl (C=O) groups excluding carboxylic acids is 2. The van der Waals surface area contributed by atoms with Gasteiger partial charge in [-0.15, -0.1) is 0 Å². The van der Waals surface area contributed by atoms with Crippen LogP contribution in [0.1, 0.15) is 41.4 Å². The molecule has 0 saturated carbocycles. The number of fused-ring (bicyclic) bond motifs is 6. The van der Waals surface area contributed by atoms with Crippen molar-refractivity contribution in [2.75, 3.05) is 0 Å². The molecular formula is C30H16N2O7. The average Bonchev–Trinajstić information content (AvgIpc) is 2.95. The van der Waals surface area contributed by atoms with E-state index in [1.54, 1.807) is 48.8 Å². The van der Waals surface area contributed by atoms with E-state index >= 15 is 0 Å². The topological polar surface area (TPSA) is 144 Å². The second-order valence-corrected chi connectivity index (χ2v) is 8.79. The summed E-state index contributed by atoms with van der Waals surface area (Å²) in [6.07, 6.45) is 6.19. The number of carboxylic acids is 2. The van der Waals surface area contributed by atoms with E-state index in [4.69, 9.17) is 4.74 Å². The highest BCUT2D eigenvalue weighted by Crippen LogP contribution is 2.33. The Morgan fingerprint density at radius 2 is 1.00 bits per heavy atom. The molecule has 0 spiro atoms. The van der Waals surface area contributed by atoms with Crippen LogP contribution >= 0.6 is 0 Å². The molecule has 9 nitrogen and oxygen atoms in total. The van der Waals surface area contributed by atoms with Crippen LogP contribution in [0.3, 0.4) is 0 Å². The average molecular weight is 516 g/mol. The number of benzene rings is 4. The number of aromatic nitrogens is 2. The number of nitrogens with zero attached hydrogens (tertiary/aromatic N) is 2. The van der Waals surface area contributed by atoms with E-state index < -0.39 is 23.9 Å². The molecule has 2 heterocycles. The van der Waals surface area contributed by atoms with Gasteiger partial charge in [-0.25, -0.2) is 19.2 Å². The van der Waals surface area contributed by atoms with Crippen molar-refractivity contribution in [1.82, 2.24) is 9.97 Å². The Bertz CT molecular complexity index is 1900. The predicted molar refractivity (Wildman–Crippen MR) is 142 cm³/mol. The number of esters is 2. The molecule has 0 bridgehead atoms. The van der Waals surface area contributed by atoms with Crippen molar-refractivity contribution in [1.29, 1.82) is 0 Å². The van der Waals surface area contributed by atoms with E-state index in [-0.39, 0.29) is 33.0 Å². The van der Waals surface area contributed by atoms with Gasteiger partial charge in [0.1, 0.15) is 0 Å². The maximum absolute atomic E-state index is 13.3. The molecule has 4 aromatic carbocycles. The van der Waals surface area contributed by atoms with Gasteiger partial charge in [-0.2, -0.15) is 0 Å². The van der Waals surface area contributed by atoms with Gasteiger partial charge in [-0.05, 0) is 57.9 Å². The quantitative estimate of drug-likeness (QED) is 0.177. The Labute approximate surface area is 218 Å². The van der Waals surface area contributed by atoms with Gasteiger partial charge in [-0.1, -0.05) is 24.3 Å². The SMILES string of the molecule is O=C(O)c1cc2ccncc2c2cccc(C(=O)OC(=O)c3cccc4c3c(C(=O)O)cc3ccncc34)c12. The van der Waals surface area contributed by atoms with Gasteiger partial charge in [0.05, 0.1) is 22.3 Å². The van der Waals surface area contributed by atoms with Gasteiger partial charge in [0, 0.05) is 46.3 Å². The van der Waals surface area contributed by atoms with E-state index in [9.17, 15) is 29.4 Å². The highest BCUT2D eigenvalue weighted by Gasteiger charge is 2.25. The van der Waals surface area contributed by atoms with Crippen LogP contribution in [0.4, 0.5) is 0 Å². The molecular weight excluding hydrogens is 500 g/mol. The molecule has 0 saturated heterocycles. The summed E-state index contributed by atoms with van der Waals surface area (Å²) in [4.78, 5) is 59.2. The molecule has 2 aromatic heterocycles. The highest BCUT2D eigenvalue weighted by molar-refractivity contribution is 6.24.